The summed E-state index contributed by atoms with van der Waals surface area (Å²) in [5.41, 5.74) is 0.415. The molecule has 0 radical (unpaired) electrons. The Morgan fingerprint density at radius 3 is 2.12 bits per heavy atom. The van der Waals surface area contributed by atoms with Crippen LogP contribution in [0.5, 0.6) is 5.75 Å². The number of sulfonamides is 1. The molecule has 11 heteroatoms. The van der Waals surface area contributed by atoms with Crippen molar-refractivity contribution in [1.82, 2.24) is 10.2 Å². The number of methoxy groups -OCH3 is 1. The molecule has 8 nitrogen and oxygen atoms in total. The first kappa shape index (κ1) is 32.2. The lowest BCUT2D eigenvalue weighted by Crippen LogP contribution is -2.55. The Labute approximate surface area is 252 Å². The van der Waals surface area contributed by atoms with Gasteiger partial charge in [0.25, 0.3) is 10.0 Å². The third kappa shape index (κ3) is 8.61. The molecule has 0 saturated carbocycles. The fourth-order valence-corrected chi connectivity index (χ4v) is 5.91. The summed E-state index contributed by atoms with van der Waals surface area (Å²) in [5, 5.41) is 3.62. The van der Waals surface area contributed by atoms with Crippen LogP contribution in [-0.4, -0.2) is 50.4 Å². The van der Waals surface area contributed by atoms with Crippen LogP contribution in [0.15, 0.2) is 77.7 Å². The van der Waals surface area contributed by atoms with Crippen molar-refractivity contribution in [2.24, 2.45) is 0 Å². The van der Waals surface area contributed by atoms with Crippen LogP contribution in [0, 0.1) is 0 Å². The summed E-state index contributed by atoms with van der Waals surface area (Å²) in [5.74, 6) is -0.253. The molecule has 0 aliphatic heterocycles. The predicted molar refractivity (Wildman–Crippen MR) is 163 cm³/mol. The monoisotopic (exact) mass is 619 g/mol. The van der Waals surface area contributed by atoms with Crippen molar-refractivity contribution >= 4 is 50.7 Å². The van der Waals surface area contributed by atoms with Crippen LogP contribution in [0.1, 0.15) is 39.7 Å². The maximum atomic E-state index is 14.1. The average molecular weight is 621 g/mol. The number of nitrogens with zero attached hydrogens (tertiary/aromatic N) is 2. The Hall–Kier alpha value is -3.27. The fraction of sp³-hybridized carbons (Fsp3) is 0.333. The quantitative estimate of drug-likeness (QED) is 0.287. The molecule has 1 atom stereocenters. The molecule has 2 amide bonds. The largest absolute Gasteiger partial charge is 0.497 e. The average Bonchev–Trinajstić information content (AvgIpc) is 2.91. The van der Waals surface area contributed by atoms with Gasteiger partial charge in [-0.1, -0.05) is 48.3 Å². The third-order valence-electron chi connectivity index (χ3n) is 6.17. The van der Waals surface area contributed by atoms with Gasteiger partial charge in [-0.05, 0) is 87.4 Å². The number of hydrogen-bond donors (Lipinski definition) is 1. The van der Waals surface area contributed by atoms with E-state index in [1.54, 1.807) is 56.5 Å². The molecular formula is C30H35Cl2N3O5S. The van der Waals surface area contributed by atoms with Gasteiger partial charge in [0, 0.05) is 22.1 Å². The van der Waals surface area contributed by atoms with Crippen molar-refractivity contribution in [3.63, 3.8) is 0 Å². The number of hydrogen-bond acceptors (Lipinski definition) is 5. The molecule has 1 unspecified atom stereocenters. The Morgan fingerprint density at radius 1 is 0.951 bits per heavy atom. The second-order valence-corrected chi connectivity index (χ2v) is 13.2. The van der Waals surface area contributed by atoms with Gasteiger partial charge in [0.2, 0.25) is 11.8 Å². The molecule has 41 heavy (non-hydrogen) atoms. The van der Waals surface area contributed by atoms with Crippen molar-refractivity contribution in [2.75, 3.05) is 18.0 Å². The van der Waals surface area contributed by atoms with Gasteiger partial charge < -0.3 is 15.0 Å². The van der Waals surface area contributed by atoms with E-state index in [4.69, 9.17) is 27.9 Å². The molecule has 220 valence electrons. The van der Waals surface area contributed by atoms with E-state index in [9.17, 15) is 18.0 Å². The molecule has 0 aliphatic carbocycles. The van der Waals surface area contributed by atoms with E-state index >= 15 is 0 Å². The van der Waals surface area contributed by atoms with E-state index in [0.29, 0.717) is 22.2 Å². The van der Waals surface area contributed by atoms with E-state index in [2.05, 4.69) is 5.32 Å². The number of nitrogens with one attached hydrogen (secondary N) is 1. The lowest BCUT2D eigenvalue weighted by Gasteiger charge is -2.34. The Morgan fingerprint density at radius 2 is 1.59 bits per heavy atom. The number of ether oxygens (including phenoxy) is 1. The van der Waals surface area contributed by atoms with E-state index in [1.165, 1.54) is 35.2 Å². The summed E-state index contributed by atoms with van der Waals surface area (Å²) in [6.45, 7) is 6.87. The lowest BCUT2D eigenvalue weighted by molar-refractivity contribution is -0.141. The highest BCUT2D eigenvalue weighted by atomic mass is 35.5. The first-order valence-corrected chi connectivity index (χ1v) is 15.2. The molecular weight excluding hydrogens is 585 g/mol. The zero-order chi connectivity index (χ0) is 30.4. The first-order valence-electron chi connectivity index (χ1n) is 13.0. The van der Waals surface area contributed by atoms with Crippen molar-refractivity contribution in [1.29, 1.82) is 0 Å². The summed E-state index contributed by atoms with van der Waals surface area (Å²) < 4.78 is 34.0. The zero-order valence-corrected chi connectivity index (χ0v) is 26.1. The van der Waals surface area contributed by atoms with Gasteiger partial charge in [-0.15, -0.1) is 0 Å². The Bertz CT molecular complexity index is 1460. The first-order chi connectivity index (χ1) is 19.2. The topological polar surface area (TPSA) is 96.0 Å². The highest BCUT2D eigenvalue weighted by Crippen LogP contribution is 2.28. The van der Waals surface area contributed by atoms with Crippen LogP contribution in [0.25, 0.3) is 0 Å². The molecule has 0 aliphatic rings. The molecule has 3 rings (SSSR count). The molecule has 0 spiro atoms. The van der Waals surface area contributed by atoms with E-state index in [1.807, 2.05) is 20.8 Å². The van der Waals surface area contributed by atoms with E-state index in [-0.39, 0.29) is 23.0 Å². The highest BCUT2D eigenvalue weighted by Gasteiger charge is 2.34. The molecule has 3 aromatic carbocycles. The van der Waals surface area contributed by atoms with Gasteiger partial charge in [-0.3, -0.25) is 13.9 Å². The predicted octanol–water partition coefficient (Wildman–Crippen LogP) is 5.92. The fourth-order valence-electron chi connectivity index (χ4n) is 4.19. The van der Waals surface area contributed by atoms with Crippen LogP contribution in [0.4, 0.5) is 5.69 Å². The minimum absolute atomic E-state index is 0.0473. The molecule has 0 saturated heterocycles. The summed E-state index contributed by atoms with van der Waals surface area (Å²) in [4.78, 5) is 28.9. The highest BCUT2D eigenvalue weighted by molar-refractivity contribution is 7.92. The number of benzene rings is 3. The van der Waals surface area contributed by atoms with Crippen LogP contribution >= 0.6 is 23.2 Å². The van der Waals surface area contributed by atoms with E-state index < -0.39 is 34.1 Å². The van der Waals surface area contributed by atoms with Crippen LogP contribution < -0.4 is 14.4 Å². The van der Waals surface area contributed by atoms with Crippen LogP contribution in [-0.2, 0) is 26.2 Å². The minimum atomic E-state index is -4.23. The molecule has 0 heterocycles. The maximum Gasteiger partial charge on any atom is 0.264 e. The lowest BCUT2D eigenvalue weighted by atomic mass is 10.1. The normalized spacial score (nSPS) is 12.4. The van der Waals surface area contributed by atoms with Crippen LogP contribution in [0.2, 0.25) is 10.0 Å². The van der Waals surface area contributed by atoms with Crippen molar-refractivity contribution in [2.45, 2.75) is 57.1 Å². The maximum absolute atomic E-state index is 14.1. The minimum Gasteiger partial charge on any atom is -0.497 e. The third-order valence-corrected chi connectivity index (χ3v) is 8.45. The SMILES string of the molecule is CCC(C(=O)NC(C)(C)C)N(Cc1ccc(OC)cc1)C(=O)CN(c1cccc(Cl)c1)S(=O)(=O)c1ccc(Cl)cc1. The second kappa shape index (κ2) is 13.6. The van der Waals surface area contributed by atoms with Gasteiger partial charge >= 0.3 is 0 Å². The van der Waals surface area contributed by atoms with Gasteiger partial charge in [0.1, 0.15) is 18.3 Å². The van der Waals surface area contributed by atoms with Crippen molar-refractivity contribution in [3.8, 4) is 5.75 Å². The summed E-state index contributed by atoms with van der Waals surface area (Å²) >= 11 is 12.2. The smallest absolute Gasteiger partial charge is 0.264 e. The number of halogens is 2. The zero-order valence-electron chi connectivity index (χ0n) is 23.7. The molecule has 0 aromatic heterocycles. The number of rotatable bonds is 11. The van der Waals surface area contributed by atoms with E-state index in [0.717, 1.165) is 9.87 Å². The molecule has 1 N–H and O–H groups in total. The molecule has 3 aromatic rings. The summed E-state index contributed by atoms with van der Waals surface area (Å²) in [6.07, 6.45) is 0.310. The van der Waals surface area contributed by atoms with Crippen LogP contribution in [0.3, 0.4) is 0 Å². The summed E-state index contributed by atoms with van der Waals surface area (Å²) in [7, 11) is -2.67. The number of carbonyl (C=O) groups excluding carboxylic acids is 2. The van der Waals surface area contributed by atoms with Gasteiger partial charge in [-0.2, -0.15) is 0 Å². The summed E-state index contributed by atoms with van der Waals surface area (Å²) in [6, 6.07) is 18.2. The molecule has 0 bridgehead atoms. The van der Waals surface area contributed by atoms with Gasteiger partial charge in [0.05, 0.1) is 17.7 Å². The van der Waals surface area contributed by atoms with Crippen molar-refractivity contribution < 1.29 is 22.7 Å². The van der Waals surface area contributed by atoms with Gasteiger partial charge in [0.15, 0.2) is 0 Å². The van der Waals surface area contributed by atoms with Gasteiger partial charge in [-0.25, -0.2) is 8.42 Å². The Balaban J connectivity index is 2.07. The number of anilines is 1. The standard InChI is InChI=1S/C30H35Cl2N3O5S/c1-6-27(29(37)33-30(2,3)4)34(19-21-10-14-25(40-5)15-11-21)28(36)20-35(24-9-7-8-23(32)18-24)41(38,39)26-16-12-22(31)13-17-26/h7-18,27H,6,19-20H2,1-5H3,(H,33,37). The Kier molecular flexibility index (Phi) is 10.7. The molecule has 0 fully saturated rings. The second-order valence-electron chi connectivity index (χ2n) is 10.5. The number of amides is 2. The van der Waals surface area contributed by atoms with Crippen molar-refractivity contribution in [3.05, 3.63) is 88.4 Å². The number of carbonyl (C=O) groups is 2.